The summed E-state index contributed by atoms with van der Waals surface area (Å²) < 4.78 is 0. The molecule has 0 unspecified atom stereocenters. The van der Waals surface area contributed by atoms with Gasteiger partial charge in [-0.2, -0.15) is 0 Å². The summed E-state index contributed by atoms with van der Waals surface area (Å²) in [6.07, 6.45) is 2.58. The van der Waals surface area contributed by atoms with Crippen molar-refractivity contribution in [3.63, 3.8) is 0 Å². The molecule has 1 saturated heterocycles. The van der Waals surface area contributed by atoms with Gasteiger partial charge in [0.05, 0.1) is 0 Å². The number of nitrogens with zero attached hydrogens (tertiary/aromatic N) is 1. The van der Waals surface area contributed by atoms with E-state index in [1.165, 1.54) is 38.0 Å². The highest BCUT2D eigenvalue weighted by atomic mass is 15.1. The van der Waals surface area contributed by atoms with Gasteiger partial charge in [-0.15, -0.1) is 0 Å². The maximum Gasteiger partial charge on any atom is -0.00106 e. The number of hydrogen-bond donors (Lipinski definition) is 0. The molecule has 0 aromatic heterocycles. The molecule has 1 nitrogen and oxygen atoms in total. The van der Waals surface area contributed by atoms with Crippen LogP contribution in [-0.2, 0) is 0 Å². The van der Waals surface area contributed by atoms with Gasteiger partial charge in [0.15, 0.2) is 0 Å². The van der Waals surface area contributed by atoms with Gasteiger partial charge in [-0.05, 0) is 44.8 Å². The average Bonchev–Trinajstić information content (AvgIpc) is 2.06. The average molecular weight is 167 g/mol. The van der Waals surface area contributed by atoms with E-state index >= 15 is 0 Å². The second-order valence-corrected chi connectivity index (χ2v) is 4.28. The summed E-state index contributed by atoms with van der Waals surface area (Å²) in [6, 6.07) is 0. The molecule has 0 N–H and O–H groups in total. The molecule has 0 atom stereocenters. The van der Waals surface area contributed by atoms with Gasteiger partial charge in [0, 0.05) is 0 Å². The number of piperidine rings is 1. The second kappa shape index (κ2) is 3.61. The molecule has 1 aliphatic rings. The van der Waals surface area contributed by atoms with E-state index in [0.29, 0.717) is 5.41 Å². The molecule has 1 fully saturated rings. The van der Waals surface area contributed by atoms with E-state index in [9.17, 15) is 0 Å². The third-order valence-corrected chi connectivity index (χ3v) is 3.44. The zero-order valence-corrected chi connectivity index (χ0v) is 8.69. The van der Waals surface area contributed by atoms with Crippen molar-refractivity contribution in [2.45, 2.75) is 33.6 Å². The van der Waals surface area contributed by atoms with Crippen LogP contribution in [0.2, 0.25) is 0 Å². The SMILES string of the molecule is C=C(C)C1(C)CCN(CC)CC1. The van der Waals surface area contributed by atoms with E-state index in [-0.39, 0.29) is 0 Å². The first-order valence-electron chi connectivity index (χ1n) is 4.97. The molecule has 1 heteroatoms. The summed E-state index contributed by atoms with van der Waals surface area (Å²) >= 11 is 0. The topological polar surface area (TPSA) is 3.24 Å². The van der Waals surface area contributed by atoms with Crippen molar-refractivity contribution in [2.24, 2.45) is 5.41 Å². The molecule has 0 saturated carbocycles. The van der Waals surface area contributed by atoms with E-state index in [1.54, 1.807) is 0 Å². The van der Waals surface area contributed by atoms with Crippen molar-refractivity contribution in [1.82, 2.24) is 4.90 Å². The lowest BCUT2D eigenvalue weighted by atomic mass is 9.75. The number of hydrogen-bond acceptors (Lipinski definition) is 1. The van der Waals surface area contributed by atoms with Crippen LogP contribution in [0, 0.1) is 5.41 Å². The predicted octanol–water partition coefficient (Wildman–Crippen LogP) is 2.68. The van der Waals surface area contributed by atoms with Gasteiger partial charge in [-0.1, -0.05) is 26.0 Å². The standard InChI is InChI=1S/C11H21N/c1-5-12-8-6-11(4,7-9-12)10(2)3/h2,5-9H2,1,3-4H3. The largest absolute Gasteiger partial charge is 0.304 e. The third kappa shape index (κ3) is 1.89. The van der Waals surface area contributed by atoms with E-state index in [4.69, 9.17) is 0 Å². The van der Waals surface area contributed by atoms with Gasteiger partial charge in [0.2, 0.25) is 0 Å². The lowest BCUT2D eigenvalue weighted by molar-refractivity contribution is 0.150. The number of likely N-dealkylation sites (tertiary alicyclic amines) is 1. The van der Waals surface area contributed by atoms with Crippen molar-refractivity contribution < 1.29 is 0 Å². The molecule has 0 aliphatic carbocycles. The highest BCUT2D eigenvalue weighted by molar-refractivity contribution is 5.07. The van der Waals surface area contributed by atoms with Crippen LogP contribution < -0.4 is 0 Å². The van der Waals surface area contributed by atoms with Crippen molar-refractivity contribution in [2.75, 3.05) is 19.6 Å². The van der Waals surface area contributed by atoms with Crippen LogP contribution in [0.25, 0.3) is 0 Å². The van der Waals surface area contributed by atoms with Crippen LogP contribution >= 0.6 is 0 Å². The Morgan fingerprint density at radius 1 is 1.42 bits per heavy atom. The fourth-order valence-corrected chi connectivity index (χ4v) is 1.79. The molecular weight excluding hydrogens is 146 g/mol. The van der Waals surface area contributed by atoms with Crippen molar-refractivity contribution >= 4 is 0 Å². The third-order valence-electron chi connectivity index (χ3n) is 3.44. The molecule has 0 aromatic carbocycles. The van der Waals surface area contributed by atoms with Gasteiger partial charge in [-0.25, -0.2) is 0 Å². The Morgan fingerprint density at radius 2 is 1.92 bits per heavy atom. The first-order chi connectivity index (χ1) is 5.58. The zero-order valence-electron chi connectivity index (χ0n) is 8.69. The van der Waals surface area contributed by atoms with Gasteiger partial charge < -0.3 is 4.90 Å². The summed E-state index contributed by atoms with van der Waals surface area (Å²) in [5.41, 5.74) is 1.78. The second-order valence-electron chi connectivity index (χ2n) is 4.28. The van der Waals surface area contributed by atoms with Gasteiger partial charge in [0.1, 0.15) is 0 Å². The monoisotopic (exact) mass is 167 g/mol. The Labute approximate surface area is 76.5 Å². The minimum Gasteiger partial charge on any atom is -0.304 e. The summed E-state index contributed by atoms with van der Waals surface area (Å²) in [5.74, 6) is 0. The molecule has 0 radical (unpaired) electrons. The zero-order chi connectivity index (χ0) is 9.19. The number of allylic oxidation sites excluding steroid dienone is 1. The van der Waals surface area contributed by atoms with Crippen molar-refractivity contribution in [3.8, 4) is 0 Å². The Kier molecular flexibility index (Phi) is 2.94. The summed E-state index contributed by atoms with van der Waals surface area (Å²) in [5, 5.41) is 0. The molecule has 1 heterocycles. The van der Waals surface area contributed by atoms with Crippen LogP contribution in [0.15, 0.2) is 12.2 Å². The molecule has 0 spiro atoms. The Bertz CT molecular complexity index is 164. The molecule has 0 aromatic rings. The Balaban J connectivity index is 2.49. The normalized spacial score (nSPS) is 23.9. The minimum atomic E-state index is 0.422. The number of rotatable bonds is 2. The van der Waals surface area contributed by atoms with Crippen LogP contribution in [0.3, 0.4) is 0 Å². The molecule has 0 bridgehead atoms. The quantitative estimate of drug-likeness (QED) is 0.572. The van der Waals surface area contributed by atoms with E-state index in [1.807, 2.05) is 0 Å². The lowest BCUT2D eigenvalue weighted by Gasteiger charge is -2.39. The van der Waals surface area contributed by atoms with Crippen LogP contribution in [0.5, 0.6) is 0 Å². The maximum atomic E-state index is 4.08. The molecule has 70 valence electrons. The van der Waals surface area contributed by atoms with E-state index in [0.717, 1.165) is 0 Å². The summed E-state index contributed by atoms with van der Waals surface area (Å²) in [4.78, 5) is 2.52. The molecule has 1 rings (SSSR count). The predicted molar refractivity (Wildman–Crippen MR) is 54.3 cm³/mol. The maximum absolute atomic E-state index is 4.08. The Hall–Kier alpha value is -0.300. The summed E-state index contributed by atoms with van der Waals surface area (Å²) in [6.45, 7) is 14.5. The van der Waals surface area contributed by atoms with Crippen molar-refractivity contribution in [1.29, 1.82) is 0 Å². The first kappa shape index (κ1) is 9.79. The Morgan fingerprint density at radius 3 is 2.25 bits per heavy atom. The van der Waals surface area contributed by atoms with E-state index < -0.39 is 0 Å². The van der Waals surface area contributed by atoms with Crippen LogP contribution in [-0.4, -0.2) is 24.5 Å². The summed E-state index contributed by atoms with van der Waals surface area (Å²) in [7, 11) is 0. The molecule has 1 aliphatic heterocycles. The van der Waals surface area contributed by atoms with Crippen molar-refractivity contribution in [3.05, 3.63) is 12.2 Å². The lowest BCUT2D eigenvalue weighted by Crippen LogP contribution is -2.38. The fourth-order valence-electron chi connectivity index (χ4n) is 1.79. The van der Waals surface area contributed by atoms with Gasteiger partial charge in [0.25, 0.3) is 0 Å². The van der Waals surface area contributed by atoms with Crippen LogP contribution in [0.4, 0.5) is 0 Å². The fraction of sp³-hybridized carbons (Fsp3) is 0.818. The van der Waals surface area contributed by atoms with Gasteiger partial charge >= 0.3 is 0 Å². The molecule has 0 amide bonds. The minimum absolute atomic E-state index is 0.422. The molecule has 12 heavy (non-hydrogen) atoms. The van der Waals surface area contributed by atoms with E-state index in [2.05, 4.69) is 32.3 Å². The highest BCUT2D eigenvalue weighted by Gasteiger charge is 2.29. The smallest absolute Gasteiger partial charge is 0.00106 e. The highest BCUT2D eigenvalue weighted by Crippen LogP contribution is 2.36. The van der Waals surface area contributed by atoms with Crippen LogP contribution in [0.1, 0.15) is 33.6 Å². The first-order valence-corrected chi connectivity index (χ1v) is 4.97. The van der Waals surface area contributed by atoms with Gasteiger partial charge in [-0.3, -0.25) is 0 Å². The molecular formula is C11H21N.